The molecule has 0 aliphatic heterocycles. The number of aromatic amines is 1. The van der Waals surface area contributed by atoms with Gasteiger partial charge in [0.25, 0.3) is 11.5 Å². The molecule has 0 spiro atoms. The highest BCUT2D eigenvalue weighted by atomic mass is 32.1. The van der Waals surface area contributed by atoms with E-state index >= 15 is 0 Å². The first-order valence-electron chi connectivity index (χ1n) is 9.63. The predicted molar refractivity (Wildman–Crippen MR) is 115 cm³/mol. The lowest BCUT2D eigenvalue weighted by molar-refractivity contribution is -0.127. The lowest BCUT2D eigenvalue weighted by atomic mass is 10.3. The molecule has 0 radical (unpaired) electrons. The molecule has 164 valence electrons. The Morgan fingerprint density at radius 3 is 2.57 bits per heavy atom. The summed E-state index contributed by atoms with van der Waals surface area (Å²) in [5.74, 6) is -0.938. The van der Waals surface area contributed by atoms with Crippen molar-refractivity contribution >= 4 is 34.7 Å². The van der Waals surface area contributed by atoms with E-state index in [0.717, 1.165) is 12.1 Å². The van der Waals surface area contributed by atoms with Crippen molar-refractivity contribution in [2.75, 3.05) is 23.7 Å². The Kier molecular flexibility index (Phi) is 8.16. The second-order valence-electron chi connectivity index (χ2n) is 6.67. The maximum absolute atomic E-state index is 12.3. The van der Waals surface area contributed by atoms with Gasteiger partial charge in [0.1, 0.15) is 16.5 Å². The Balaban J connectivity index is 2.05. The summed E-state index contributed by atoms with van der Waals surface area (Å²) in [6, 6.07) is 0. The molecule has 0 aliphatic rings. The lowest BCUT2D eigenvalue weighted by Gasteiger charge is -2.24. The van der Waals surface area contributed by atoms with Crippen molar-refractivity contribution in [2.45, 2.75) is 46.6 Å². The van der Waals surface area contributed by atoms with E-state index in [2.05, 4.69) is 20.8 Å². The van der Waals surface area contributed by atoms with Gasteiger partial charge in [0, 0.05) is 24.2 Å². The molecule has 11 nitrogen and oxygen atoms in total. The molecule has 0 saturated carbocycles. The SMILES string of the molecule is CCCCn1c(N)c(N(CC)CC(=O)NNC(=O)Cc2nc(C)cs2)c(=O)[nH]c1=O. The minimum absolute atomic E-state index is 0.00928. The van der Waals surface area contributed by atoms with Gasteiger partial charge in [-0.05, 0) is 20.3 Å². The van der Waals surface area contributed by atoms with E-state index in [0.29, 0.717) is 24.5 Å². The van der Waals surface area contributed by atoms with E-state index in [1.807, 2.05) is 19.2 Å². The Morgan fingerprint density at radius 1 is 1.27 bits per heavy atom. The molecule has 0 fully saturated rings. The number of hydrogen-bond acceptors (Lipinski definition) is 8. The molecule has 0 saturated heterocycles. The number of anilines is 2. The van der Waals surface area contributed by atoms with Gasteiger partial charge in [-0.25, -0.2) is 9.78 Å². The molecule has 2 rings (SSSR count). The average molecular weight is 438 g/mol. The van der Waals surface area contributed by atoms with Crippen LogP contribution in [0.5, 0.6) is 0 Å². The van der Waals surface area contributed by atoms with Crippen molar-refractivity contribution < 1.29 is 9.59 Å². The highest BCUT2D eigenvalue weighted by Crippen LogP contribution is 2.16. The lowest BCUT2D eigenvalue weighted by Crippen LogP contribution is -2.48. The Bertz CT molecular complexity index is 1010. The third kappa shape index (κ3) is 5.92. The summed E-state index contributed by atoms with van der Waals surface area (Å²) in [5.41, 5.74) is 10.4. The van der Waals surface area contributed by atoms with Gasteiger partial charge in [-0.1, -0.05) is 13.3 Å². The molecular weight excluding hydrogens is 410 g/mol. The van der Waals surface area contributed by atoms with E-state index in [4.69, 9.17) is 5.73 Å². The summed E-state index contributed by atoms with van der Waals surface area (Å²) in [7, 11) is 0. The van der Waals surface area contributed by atoms with Gasteiger partial charge >= 0.3 is 5.69 Å². The van der Waals surface area contributed by atoms with Crippen LogP contribution in [0.1, 0.15) is 37.4 Å². The molecule has 2 amide bonds. The van der Waals surface area contributed by atoms with Crippen molar-refractivity contribution in [1.29, 1.82) is 0 Å². The predicted octanol–water partition coefficient (Wildman–Crippen LogP) is -0.0998. The quantitative estimate of drug-likeness (QED) is 0.399. The number of rotatable bonds is 9. The van der Waals surface area contributed by atoms with Crippen molar-refractivity contribution in [2.24, 2.45) is 0 Å². The minimum Gasteiger partial charge on any atom is -0.383 e. The fourth-order valence-electron chi connectivity index (χ4n) is 2.79. The van der Waals surface area contributed by atoms with Crippen LogP contribution in [0, 0.1) is 6.92 Å². The molecule has 0 aromatic carbocycles. The number of likely N-dealkylation sites (N-methyl/N-ethyl adjacent to an activating group) is 1. The number of thiazole rings is 1. The van der Waals surface area contributed by atoms with Crippen LogP contribution in [0.3, 0.4) is 0 Å². The van der Waals surface area contributed by atoms with Gasteiger partial charge in [-0.2, -0.15) is 0 Å². The number of aryl methyl sites for hydroxylation is 1. The van der Waals surface area contributed by atoms with Gasteiger partial charge in [-0.15, -0.1) is 11.3 Å². The Labute approximate surface area is 177 Å². The standard InChI is InChI=1S/C18H27N7O4S/c1-4-6-7-25-16(19)15(17(28)21-18(25)29)24(5-2)9-13(27)23-22-12(26)8-14-20-11(3)10-30-14/h10H,4-9,19H2,1-3H3,(H,22,26)(H,23,27)(H,21,28,29). The van der Waals surface area contributed by atoms with E-state index in [1.165, 1.54) is 20.8 Å². The van der Waals surface area contributed by atoms with Gasteiger partial charge in [-0.3, -0.25) is 34.8 Å². The first kappa shape index (κ1) is 23.1. The second-order valence-corrected chi connectivity index (χ2v) is 7.61. The van der Waals surface area contributed by atoms with Crippen LogP contribution in [0.2, 0.25) is 0 Å². The summed E-state index contributed by atoms with van der Waals surface area (Å²) < 4.78 is 1.29. The molecule has 5 N–H and O–H groups in total. The third-order valence-electron chi connectivity index (χ3n) is 4.30. The summed E-state index contributed by atoms with van der Waals surface area (Å²) >= 11 is 1.36. The van der Waals surface area contributed by atoms with Crippen LogP contribution >= 0.6 is 11.3 Å². The zero-order valence-corrected chi connectivity index (χ0v) is 18.1. The number of amides is 2. The van der Waals surface area contributed by atoms with E-state index in [-0.39, 0.29) is 24.5 Å². The number of carbonyl (C=O) groups is 2. The Morgan fingerprint density at radius 2 is 1.97 bits per heavy atom. The Hall–Kier alpha value is -3.15. The van der Waals surface area contributed by atoms with E-state index in [1.54, 1.807) is 6.92 Å². The number of aromatic nitrogens is 3. The molecule has 2 heterocycles. The highest BCUT2D eigenvalue weighted by molar-refractivity contribution is 7.09. The number of H-pyrrole nitrogens is 1. The molecule has 12 heteroatoms. The van der Waals surface area contributed by atoms with Gasteiger partial charge in [0.2, 0.25) is 5.91 Å². The van der Waals surface area contributed by atoms with Crippen LogP contribution in [-0.2, 0) is 22.6 Å². The topological polar surface area (TPSA) is 155 Å². The number of nitrogens with zero attached hydrogens (tertiary/aromatic N) is 3. The van der Waals surface area contributed by atoms with Crippen LogP contribution in [-0.4, -0.2) is 39.4 Å². The average Bonchev–Trinajstić information content (AvgIpc) is 3.09. The number of hydrazine groups is 1. The normalized spacial score (nSPS) is 10.6. The van der Waals surface area contributed by atoms with Crippen molar-refractivity contribution in [3.63, 3.8) is 0 Å². The summed E-state index contributed by atoms with van der Waals surface area (Å²) in [4.78, 5) is 56.5. The number of unbranched alkanes of at least 4 members (excludes halogenated alkanes) is 1. The maximum Gasteiger partial charge on any atom is 0.330 e. The van der Waals surface area contributed by atoms with Crippen molar-refractivity contribution in [1.82, 2.24) is 25.4 Å². The molecule has 0 bridgehead atoms. The first-order valence-corrected chi connectivity index (χ1v) is 10.5. The number of hydrogen-bond donors (Lipinski definition) is 4. The van der Waals surface area contributed by atoms with E-state index < -0.39 is 23.1 Å². The number of nitrogen functional groups attached to an aromatic ring is 1. The van der Waals surface area contributed by atoms with Crippen LogP contribution in [0.25, 0.3) is 0 Å². The minimum atomic E-state index is -0.664. The fraction of sp³-hybridized carbons (Fsp3) is 0.500. The summed E-state index contributed by atoms with van der Waals surface area (Å²) in [5, 5.41) is 2.48. The van der Waals surface area contributed by atoms with Crippen LogP contribution in [0.4, 0.5) is 11.5 Å². The van der Waals surface area contributed by atoms with E-state index in [9.17, 15) is 19.2 Å². The molecule has 0 atom stereocenters. The van der Waals surface area contributed by atoms with Crippen LogP contribution in [0.15, 0.2) is 15.0 Å². The van der Waals surface area contributed by atoms with Gasteiger partial charge < -0.3 is 10.6 Å². The summed E-state index contributed by atoms with van der Waals surface area (Å²) in [6.07, 6.45) is 1.61. The maximum atomic E-state index is 12.3. The molecule has 2 aromatic rings. The molecular formula is C18H27N7O4S. The third-order valence-corrected chi connectivity index (χ3v) is 5.27. The number of nitrogens with two attached hydrogens (primary N) is 1. The molecule has 30 heavy (non-hydrogen) atoms. The number of carbonyl (C=O) groups excluding carboxylic acids is 2. The second kappa shape index (κ2) is 10.6. The smallest absolute Gasteiger partial charge is 0.330 e. The van der Waals surface area contributed by atoms with Gasteiger partial charge in [0.15, 0.2) is 0 Å². The zero-order chi connectivity index (χ0) is 22.3. The fourth-order valence-corrected chi connectivity index (χ4v) is 3.56. The molecule has 2 aromatic heterocycles. The monoisotopic (exact) mass is 437 g/mol. The molecule has 0 unspecified atom stereocenters. The largest absolute Gasteiger partial charge is 0.383 e. The first-order chi connectivity index (χ1) is 14.3. The van der Waals surface area contributed by atoms with Crippen molar-refractivity contribution in [3.05, 3.63) is 36.9 Å². The highest BCUT2D eigenvalue weighted by Gasteiger charge is 2.20. The zero-order valence-electron chi connectivity index (χ0n) is 17.3. The molecule has 0 aliphatic carbocycles. The van der Waals surface area contributed by atoms with Crippen molar-refractivity contribution in [3.8, 4) is 0 Å². The summed E-state index contributed by atoms with van der Waals surface area (Å²) in [6.45, 7) is 5.97. The van der Waals surface area contributed by atoms with Crippen LogP contribution < -0.4 is 32.7 Å². The number of nitrogens with one attached hydrogen (secondary N) is 3. The van der Waals surface area contributed by atoms with Gasteiger partial charge in [0.05, 0.1) is 13.0 Å².